The van der Waals surface area contributed by atoms with Crippen LogP contribution in [0.5, 0.6) is 5.75 Å². The van der Waals surface area contributed by atoms with Crippen molar-refractivity contribution in [2.75, 3.05) is 4.90 Å². The van der Waals surface area contributed by atoms with Gasteiger partial charge in [-0.25, -0.2) is 26.9 Å². The molecule has 2 aliphatic heterocycles. The molecule has 0 bridgehead atoms. The second-order valence-electron chi connectivity index (χ2n) is 10.4. The number of aromatic hydroxyl groups is 1. The van der Waals surface area contributed by atoms with Gasteiger partial charge in [0.2, 0.25) is 5.82 Å². The number of alkyl halides is 2. The molecule has 6 unspecified atom stereocenters. The zero-order valence-corrected chi connectivity index (χ0v) is 23.6. The molecule has 4 amide bonds. The third-order valence-electron chi connectivity index (χ3n) is 8.50. The van der Waals surface area contributed by atoms with Crippen LogP contribution in [0.3, 0.4) is 0 Å². The van der Waals surface area contributed by atoms with Crippen LogP contribution in [-0.2, 0) is 19.2 Å². The summed E-state index contributed by atoms with van der Waals surface area (Å²) in [6.07, 6.45) is 0.565. The minimum Gasteiger partial charge on any atom is -0.508 e. The first-order valence-electron chi connectivity index (χ1n) is 12.1. The molecule has 2 heterocycles. The van der Waals surface area contributed by atoms with Crippen LogP contribution >= 0.6 is 39.1 Å². The Hall–Kier alpha value is -3.07. The molecule has 8 nitrogen and oxygen atoms in total. The summed E-state index contributed by atoms with van der Waals surface area (Å²) in [5, 5.41) is 20.8. The Morgan fingerprint density at radius 1 is 0.881 bits per heavy atom. The molecule has 6 rings (SSSR count). The highest BCUT2D eigenvalue weighted by molar-refractivity contribution is 9.10. The Balaban J connectivity index is 1.63. The van der Waals surface area contributed by atoms with Gasteiger partial charge in [0, 0.05) is 16.0 Å². The van der Waals surface area contributed by atoms with Crippen molar-refractivity contribution < 1.29 is 51.4 Å². The van der Waals surface area contributed by atoms with Gasteiger partial charge in [-0.1, -0.05) is 27.6 Å². The second kappa shape index (κ2) is 9.21. The molecule has 2 aromatic rings. The first-order valence-corrected chi connectivity index (χ1v) is 13.7. The highest BCUT2D eigenvalue weighted by Gasteiger charge is 2.77. The normalized spacial score (nSPS) is 32.3. The van der Waals surface area contributed by atoms with Gasteiger partial charge in [0.1, 0.15) is 11.4 Å². The highest BCUT2D eigenvalue weighted by Crippen LogP contribution is 2.66. The van der Waals surface area contributed by atoms with Crippen LogP contribution in [0.25, 0.3) is 0 Å². The van der Waals surface area contributed by atoms with Crippen molar-refractivity contribution in [1.82, 2.24) is 5.06 Å². The summed E-state index contributed by atoms with van der Waals surface area (Å²) in [5.74, 6) is -23.5. The van der Waals surface area contributed by atoms with E-state index in [1.54, 1.807) is 0 Å². The summed E-state index contributed by atoms with van der Waals surface area (Å²) in [6, 6.07) is 3.90. The number of carbonyl (C=O) groups excluding carboxylic acids is 4. The molecular formula is C26H14BrCl2F5N2O6. The molecule has 1 saturated carbocycles. The molecule has 3 fully saturated rings. The van der Waals surface area contributed by atoms with Gasteiger partial charge in [-0.15, -0.1) is 23.2 Å². The van der Waals surface area contributed by atoms with Crippen LogP contribution in [0, 0.1) is 46.8 Å². The number of hydrogen-bond donors (Lipinski definition) is 2. The van der Waals surface area contributed by atoms with Gasteiger partial charge < -0.3 is 5.11 Å². The number of halogens is 8. The molecule has 0 spiro atoms. The van der Waals surface area contributed by atoms with Crippen LogP contribution < -0.4 is 4.90 Å². The number of benzene rings is 2. The third-order valence-corrected chi connectivity index (χ3v) is 10.4. The molecule has 6 atom stereocenters. The van der Waals surface area contributed by atoms with E-state index in [-0.39, 0.29) is 27.5 Å². The Labute approximate surface area is 250 Å². The maximum absolute atomic E-state index is 14.9. The summed E-state index contributed by atoms with van der Waals surface area (Å²) < 4.78 is 72.4. The van der Waals surface area contributed by atoms with Crippen LogP contribution in [0.2, 0.25) is 0 Å². The lowest BCUT2D eigenvalue weighted by molar-refractivity contribution is -0.173. The number of anilines is 1. The van der Waals surface area contributed by atoms with E-state index < -0.39 is 104 Å². The maximum Gasteiger partial charge on any atom is 0.258 e. The van der Waals surface area contributed by atoms with E-state index in [0.717, 1.165) is 0 Å². The lowest BCUT2D eigenvalue weighted by Gasteiger charge is -2.50. The van der Waals surface area contributed by atoms with E-state index >= 15 is 0 Å². The number of carbonyl (C=O) groups is 4. The fourth-order valence-corrected chi connectivity index (χ4v) is 7.96. The monoisotopic (exact) mass is 694 g/mol. The van der Waals surface area contributed by atoms with Gasteiger partial charge in [0.25, 0.3) is 23.6 Å². The van der Waals surface area contributed by atoms with Gasteiger partial charge in [-0.3, -0.25) is 24.4 Å². The molecule has 2 aliphatic carbocycles. The Morgan fingerprint density at radius 2 is 1.48 bits per heavy atom. The van der Waals surface area contributed by atoms with E-state index in [9.17, 15) is 51.4 Å². The fraction of sp³-hybridized carbons (Fsp3) is 0.308. The lowest BCUT2D eigenvalue weighted by Crippen LogP contribution is -2.60. The molecule has 16 heteroatoms. The van der Waals surface area contributed by atoms with Gasteiger partial charge in [-0.05, 0) is 37.0 Å². The van der Waals surface area contributed by atoms with Crippen molar-refractivity contribution in [3.63, 3.8) is 0 Å². The zero-order chi connectivity index (χ0) is 30.8. The Bertz CT molecular complexity index is 1680. The third kappa shape index (κ3) is 3.37. The molecule has 2 saturated heterocycles. The predicted molar refractivity (Wildman–Crippen MR) is 136 cm³/mol. The summed E-state index contributed by atoms with van der Waals surface area (Å²) in [7, 11) is 0. The summed E-state index contributed by atoms with van der Waals surface area (Å²) >= 11 is 17.0. The van der Waals surface area contributed by atoms with Crippen molar-refractivity contribution in [2.24, 2.45) is 17.8 Å². The standard InChI is InChI=1S/C26H14BrCl2F5N2O6/c27-7-1-4-12(37)10(5-7)14-8-2-3-9-13(22(39)36(42)21(9)38)11(8)6-25(28)23(40)35(24(41)26(14,25)29)20-18(33)16(31)15(30)17(32)19(20)34/h1-2,4-5,9,11,13-14,37,42H,3,6H2. The van der Waals surface area contributed by atoms with E-state index in [1.165, 1.54) is 24.3 Å². The van der Waals surface area contributed by atoms with Crippen molar-refractivity contribution in [2.45, 2.75) is 28.5 Å². The largest absolute Gasteiger partial charge is 0.508 e. The van der Waals surface area contributed by atoms with Gasteiger partial charge in [0.15, 0.2) is 33.0 Å². The van der Waals surface area contributed by atoms with Gasteiger partial charge in [0.05, 0.1) is 11.8 Å². The number of nitrogens with zero attached hydrogens (tertiary/aromatic N) is 2. The number of amides is 4. The molecule has 2 N–H and O–H groups in total. The second-order valence-corrected chi connectivity index (χ2v) is 12.5. The fourth-order valence-electron chi connectivity index (χ4n) is 6.65. The van der Waals surface area contributed by atoms with Crippen molar-refractivity contribution in [3.8, 4) is 5.75 Å². The number of phenolic OH excluding ortho intramolecular Hbond substituents is 1. The predicted octanol–water partition coefficient (Wildman–Crippen LogP) is 4.80. The SMILES string of the molecule is O=C1C2CC=C3C(CC4(Cl)C(=O)N(c5c(F)c(F)c(F)c(F)c5F)C(=O)C4(Cl)C3c3cc(Br)ccc3O)C2C(=O)N1O. The zero-order valence-electron chi connectivity index (χ0n) is 20.5. The lowest BCUT2D eigenvalue weighted by atomic mass is 9.56. The number of hydroxylamine groups is 2. The van der Waals surface area contributed by atoms with E-state index in [1.807, 2.05) is 0 Å². The molecule has 4 aliphatic rings. The van der Waals surface area contributed by atoms with Crippen LogP contribution in [0.1, 0.15) is 24.3 Å². The van der Waals surface area contributed by atoms with Crippen LogP contribution in [0.15, 0.2) is 34.3 Å². The van der Waals surface area contributed by atoms with Crippen molar-refractivity contribution in [3.05, 3.63) is 69.0 Å². The van der Waals surface area contributed by atoms with Gasteiger partial charge >= 0.3 is 0 Å². The Kier molecular flexibility index (Phi) is 6.37. The molecule has 0 aromatic heterocycles. The number of rotatable bonds is 2. The first-order chi connectivity index (χ1) is 19.6. The van der Waals surface area contributed by atoms with Crippen molar-refractivity contribution in [1.29, 1.82) is 0 Å². The summed E-state index contributed by atoms with van der Waals surface area (Å²) in [6.45, 7) is 0. The molecule has 42 heavy (non-hydrogen) atoms. The minimum atomic E-state index is -2.76. The van der Waals surface area contributed by atoms with Crippen molar-refractivity contribution >= 4 is 68.4 Å². The topological polar surface area (TPSA) is 115 Å². The smallest absolute Gasteiger partial charge is 0.258 e. The quantitative estimate of drug-likeness (QED) is 0.0888. The molecule has 2 aromatic carbocycles. The minimum absolute atomic E-state index is 0.0795. The summed E-state index contributed by atoms with van der Waals surface area (Å²) in [4.78, 5) is 47.7. The molecular weight excluding hydrogens is 682 g/mol. The Morgan fingerprint density at radius 3 is 2.10 bits per heavy atom. The van der Waals surface area contributed by atoms with Gasteiger partial charge in [-0.2, -0.15) is 5.06 Å². The average Bonchev–Trinajstić information content (AvgIpc) is 3.26. The molecule has 220 valence electrons. The number of fused-ring (bicyclic) bond motifs is 4. The van der Waals surface area contributed by atoms with E-state index in [0.29, 0.717) is 4.47 Å². The summed E-state index contributed by atoms with van der Waals surface area (Å²) in [5.41, 5.74) is -1.92. The molecule has 0 radical (unpaired) electrons. The van der Waals surface area contributed by atoms with Crippen LogP contribution in [-0.4, -0.2) is 48.8 Å². The maximum atomic E-state index is 14.9. The number of allylic oxidation sites excluding steroid dienone is 2. The number of phenols is 1. The van der Waals surface area contributed by atoms with E-state index in [2.05, 4.69) is 15.9 Å². The number of hydrogen-bond acceptors (Lipinski definition) is 6. The number of imide groups is 2. The highest BCUT2D eigenvalue weighted by atomic mass is 79.9. The van der Waals surface area contributed by atoms with Crippen LogP contribution in [0.4, 0.5) is 27.6 Å². The average molecular weight is 696 g/mol. The first kappa shape index (κ1) is 29.0. The van der Waals surface area contributed by atoms with E-state index in [4.69, 9.17) is 23.2 Å².